The Morgan fingerprint density at radius 3 is 2.56 bits per heavy atom. The molecule has 1 N–H and O–H groups in total. The van der Waals surface area contributed by atoms with Gasteiger partial charge in [0.05, 0.1) is 5.69 Å². The molecule has 3 rings (SSSR count). The Morgan fingerprint density at radius 2 is 1.88 bits per heavy atom. The van der Waals surface area contributed by atoms with E-state index in [2.05, 4.69) is 27.3 Å². The summed E-state index contributed by atoms with van der Waals surface area (Å²) in [5.41, 5.74) is 1.92. The number of nitrogens with one attached hydrogen (secondary N) is 1. The molecule has 2 heterocycles. The van der Waals surface area contributed by atoms with Gasteiger partial charge >= 0.3 is 0 Å². The van der Waals surface area contributed by atoms with Crippen molar-refractivity contribution in [3.05, 3.63) is 48.2 Å². The molecule has 0 saturated carbocycles. The van der Waals surface area contributed by atoms with E-state index >= 15 is 0 Å². The molecule has 1 aromatic carbocycles. The summed E-state index contributed by atoms with van der Waals surface area (Å²) in [6.07, 6.45) is 2.23. The fraction of sp³-hybridized carbons (Fsp3) is 0.316. The highest BCUT2D eigenvalue weighted by Crippen LogP contribution is 2.24. The van der Waals surface area contributed by atoms with Gasteiger partial charge in [-0.1, -0.05) is 48.8 Å². The molecule has 0 atom stereocenters. The van der Waals surface area contributed by atoms with Crippen LogP contribution in [0.3, 0.4) is 0 Å². The van der Waals surface area contributed by atoms with Crippen LogP contribution in [0.2, 0.25) is 0 Å². The molecule has 130 valence electrons. The van der Waals surface area contributed by atoms with Gasteiger partial charge in [-0.2, -0.15) is 4.98 Å². The lowest BCUT2D eigenvalue weighted by Gasteiger charge is -2.18. The zero-order valence-electron chi connectivity index (χ0n) is 14.9. The maximum atomic E-state index is 5.12. The van der Waals surface area contributed by atoms with E-state index in [4.69, 9.17) is 9.51 Å². The van der Waals surface area contributed by atoms with Gasteiger partial charge in [0, 0.05) is 31.3 Å². The average Bonchev–Trinajstić information content (AvgIpc) is 3.04. The van der Waals surface area contributed by atoms with Gasteiger partial charge in [-0.05, 0) is 13.3 Å². The van der Waals surface area contributed by atoms with E-state index < -0.39 is 0 Å². The first kappa shape index (κ1) is 17.0. The Labute approximate surface area is 147 Å². The number of hydrogen-bond donors (Lipinski definition) is 1. The molecule has 0 aliphatic carbocycles. The van der Waals surface area contributed by atoms with Crippen molar-refractivity contribution in [1.82, 2.24) is 15.1 Å². The van der Waals surface area contributed by atoms with Crippen molar-refractivity contribution in [3.63, 3.8) is 0 Å². The highest BCUT2D eigenvalue weighted by Gasteiger charge is 2.11. The van der Waals surface area contributed by atoms with Crippen LogP contribution < -0.4 is 10.2 Å². The zero-order chi connectivity index (χ0) is 17.6. The Bertz CT molecular complexity index is 816. The van der Waals surface area contributed by atoms with Crippen molar-refractivity contribution in [3.8, 4) is 11.3 Å². The number of nitrogens with zero attached hydrogens (tertiary/aromatic N) is 4. The van der Waals surface area contributed by atoms with Crippen molar-refractivity contribution in [2.24, 2.45) is 0 Å². The summed E-state index contributed by atoms with van der Waals surface area (Å²) in [6.45, 7) is 4.95. The molecule has 6 heteroatoms. The second-order valence-electron chi connectivity index (χ2n) is 6.03. The molecule has 25 heavy (non-hydrogen) atoms. The van der Waals surface area contributed by atoms with Crippen LogP contribution in [0.1, 0.15) is 25.5 Å². The van der Waals surface area contributed by atoms with E-state index in [1.54, 1.807) is 0 Å². The largest absolute Gasteiger partial charge is 0.360 e. The van der Waals surface area contributed by atoms with Crippen LogP contribution in [0.5, 0.6) is 0 Å². The molecule has 0 saturated heterocycles. The molecule has 2 aromatic heterocycles. The third-order valence-electron chi connectivity index (χ3n) is 3.86. The Kier molecular flexibility index (Phi) is 5.28. The molecule has 0 bridgehead atoms. The van der Waals surface area contributed by atoms with Crippen LogP contribution in [0, 0.1) is 6.92 Å². The number of benzene rings is 1. The summed E-state index contributed by atoms with van der Waals surface area (Å²) in [5, 5.41) is 7.18. The van der Waals surface area contributed by atoms with Gasteiger partial charge in [-0.25, -0.2) is 4.98 Å². The summed E-state index contributed by atoms with van der Waals surface area (Å²) in [5.74, 6) is 2.77. The Balaban J connectivity index is 1.95. The number of unbranched alkanes of at least 4 members (excludes halogenated alkanes) is 1. The zero-order valence-corrected chi connectivity index (χ0v) is 14.9. The fourth-order valence-corrected chi connectivity index (χ4v) is 2.48. The highest BCUT2D eigenvalue weighted by molar-refractivity contribution is 5.66. The molecule has 0 amide bonds. The summed E-state index contributed by atoms with van der Waals surface area (Å²) in [4.78, 5) is 11.5. The average molecular weight is 337 g/mol. The SMILES string of the molecule is CCCCN(C)c1nc(Nc2cc(C)on2)cc(-c2ccccc2)n1. The predicted molar refractivity (Wildman–Crippen MR) is 100 cm³/mol. The van der Waals surface area contributed by atoms with Crippen molar-refractivity contribution in [2.75, 3.05) is 23.8 Å². The quantitative estimate of drug-likeness (QED) is 0.688. The number of aryl methyl sites for hydroxylation is 1. The number of aromatic nitrogens is 3. The molecule has 0 radical (unpaired) electrons. The molecule has 0 aliphatic heterocycles. The molecule has 0 unspecified atom stereocenters. The van der Waals surface area contributed by atoms with Crippen LogP contribution in [-0.4, -0.2) is 28.7 Å². The van der Waals surface area contributed by atoms with Gasteiger partial charge in [0.15, 0.2) is 5.82 Å². The summed E-state index contributed by atoms with van der Waals surface area (Å²) < 4.78 is 5.12. The highest BCUT2D eigenvalue weighted by atomic mass is 16.5. The Hall–Kier alpha value is -2.89. The first-order chi connectivity index (χ1) is 12.2. The van der Waals surface area contributed by atoms with E-state index in [-0.39, 0.29) is 0 Å². The monoisotopic (exact) mass is 337 g/mol. The number of hydrogen-bond acceptors (Lipinski definition) is 6. The molecule has 6 nitrogen and oxygen atoms in total. The van der Waals surface area contributed by atoms with E-state index in [0.29, 0.717) is 17.6 Å². The fourth-order valence-electron chi connectivity index (χ4n) is 2.48. The molecule has 3 aromatic rings. The minimum atomic E-state index is 0.636. The smallest absolute Gasteiger partial charge is 0.227 e. The van der Waals surface area contributed by atoms with Crippen LogP contribution in [-0.2, 0) is 0 Å². The van der Waals surface area contributed by atoms with Gasteiger partial charge in [0.1, 0.15) is 11.6 Å². The normalized spacial score (nSPS) is 10.7. The topological polar surface area (TPSA) is 67.1 Å². The van der Waals surface area contributed by atoms with Gasteiger partial charge in [0.2, 0.25) is 5.95 Å². The van der Waals surface area contributed by atoms with E-state index in [0.717, 1.165) is 36.4 Å². The summed E-state index contributed by atoms with van der Waals surface area (Å²) >= 11 is 0. The lowest BCUT2D eigenvalue weighted by Crippen LogP contribution is -2.21. The lowest BCUT2D eigenvalue weighted by molar-refractivity contribution is 0.400. The second kappa shape index (κ2) is 7.79. The van der Waals surface area contributed by atoms with E-state index in [1.807, 2.05) is 56.4 Å². The summed E-state index contributed by atoms with van der Waals surface area (Å²) in [7, 11) is 2.02. The van der Waals surface area contributed by atoms with Gasteiger partial charge in [-0.3, -0.25) is 0 Å². The van der Waals surface area contributed by atoms with Crippen molar-refractivity contribution < 1.29 is 4.52 Å². The van der Waals surface area contributed by atoms with Crippen molar-refractivity contribution in [2.45, 2.75) is 26.7 Å². The first-order valence-corrected chi connectivity index (χ1v) is 8.51. The predicted octanol–water partition coefficient (Wildman–Crippen LogP) is 4.42. The number of anilines is 3. The molecule has 0 fully saturated rings. The minimum Gasteiger partial charge on any atom is -0.360 e. The van der Waals surface area contributed by atoms with Gasteiger partial charge in [-0.15, -0.1) is 0 Å². The molecular weight excluding hydrogens is 314 g/mol. The molecule has 0 aliphatic rings. The standard InChI is InChI=1S/C19H23N5O/c1-4-5-11-24(3)19-20-16(15-9-7-6-8-10-15)13-17(22-19)21-18-12-14(2)25-23-18/h6-10,12-13H,4-5,11H2,1-3H3,(H,20,21,22,23). The van der Waals surface area contributed by atoms with Crippen LogP contribution in [0.25, 0.3) is 11.3 Å². The third-order valence-corrected chi connectivity index (χ3v) is 3.86. The van der Waals surface area contributed by atoms with Gasteiger partial charge < -0.3 is 14.7 Å². The van der Waals surface area contributed by atoms with Crippen LogP contribution >= 0.6 is 0 Å². The van der Waals surface area contributed by atoms with Gasteiger partial charge in [0.25, 0.3) is 0 Å². The minimum absolute atomic E-state index is 0.636. The van der Waals surface area contributed by atoms with Crippen LogP contribution in [0.15, 0.2) is 47.0 Å². The number of rotatable bonds is 7. The third kappa shape index (κ3) is 4.35. The van der Waals surface area contributed by atoms with Crippen molar-refractivity contribution in [1.29, 1.82) is 0 Å². The van der Waals surface area contributed by atoms with Crippen molar-refractivity contribution >= 4 is 17.6 Å². The summed E-state index contributed by atoms with van der Waals surface area (Å²) in [6, 6.07) is 13.9. The van der Waals surface area contributed by atoms with Crippen LogP contribution in [0.4, 0.5) is 17.6 Å². The molecule has 0 spiro atoms. The second-order valence-corrected chi connectivity index (χ2v) is 6.03. The van der Waals surface area contributed by atoms with E-state index in [9.17, 15) is 0 Å². The Morgan fingerprint density at radius 1 is 1.08 bits per heavy atom. The molecular formula is C19H23N5O. The first-order valence-electron chi connectivity index (χ1n) is 8.51. The van der Waals surface area contributed by atoms with E-state index in [1.165, 1.54) is 0 Å². The maximum Gasteiger partial charge on any atom is 0.227 e. The lowest BCUT2D eigenvalue weighted by atomic mass is 10.1. The maximum absolute atomic E-state index is 5.12.